The Bertz CT molecular complexity index is 1040. The van der Waals surface area contributed by atoms with Gasteiger partial charge in [0.15, 0.2) is 0 Å². The molecule has 29 heavy (non-hydrogen) atoms. The minimum atomic E-state index is -0.347. The summed E-state index contributed by atoms with van der Waals surface area (Å²) in [7, 11) is 1.38. The molecule has 0 bridgehead atoms. The van der Waals surface area contributed by atoms with Gasteiger partial charge in [-0.05, 0) is 43.7 Å². The fraction of sp³-hybridized carbons (Fsp3) is 0.381. The molecule has 0 saturated carbocycles. The molecule has 3 aromatic rings. The van der Waals surface area contributed by atoms with Crippen LogP contribution in [0.2, 0.25) is 0 Å². The maximum absolute atomic E-state index is 13.1. The lowest BCUT2D eigenvalue weighted by Gasteiger charge is -2.33. The van der Waals surface area contributed by atoms with E-state index in [1.807, 2.05) is 13.8 Å². The number of piperidine rings is 1. The van der Waals surface area contributed by atoms with Gasteiger partial charge < -0.3 is 14.4 Å². The summed E-state index contributed by atoms with van der Waals surface area (Å²) in [5.74, 6) is 1.60. The summed E-state index contributed by atoms with van der Waals surface area (Å²) in [6.45, 7) is 5.33. The summed E-state index contributed by atoms with van der Waals surface area (Å²) >= 11 is 1.34. The fourth-order valence-corrected chi connectivity index (χ4v) is 4.77. The predicted octanol–water partition coefficient (Wildman–Crippen LogP) is 4.28. The number of aryl methyl sites for hydroxylation is 2. The zero-order chi connectivity index (χ0) is 20.5. The molecule has 0 spiro atoms. The third kappa shape index (κ3) is 3.89. The highest BCUT2D eigenvalue weighted by molar-refractivity contribution is 7.20. The minimum absolute atomic E-state index is 0.0735. The van der Waals surface area contributed by atoms with E-state index in [1.54, 1.807) is 12.1 Å². The van der Waals surface area contributed by atoms with Crippen LogP contribution in [0.5, 0.6) is 5.75 Å². The predicted molar refractivity (Wildman–Crippen MR) is 110 cm³/mol. The minimum Gasteiger partial charge on any atom is -0.490 e. The van der Waals surface area contributed by atoms with Gasteiger partial charge in [0.05, 0.1) is 12.5 Å². The van der Waals surface area contributed by atoms with E-state index in [9.17, 15) is 9.18 Å². The molecule has 1 aliphatic rings. The largest absolute Gasteiger partial charge is 0.490 e. The number of hydrogen-bond donors (Lipinski definition) is 0. The number of esters is 1. The Morgan fingerprint density at radius 3 is 2.52 bits per heavy atom. The van der Waals surface area contributed by atoms with E-state index in [-0.39, 0.29) is 17.9 Å². The normalized spacial score (nSPS) is 15.0. The highest BCUT2D eigenvalue weighted by Gasteiger charge is 2.26. The Morgan fingerprint density at radius 2 is 1.86 bits per heavy atom. The number of anilines is 1. The van der Waals surface area contributed by atoms with Crippen LogP contribution in [0.4, 0.5) is 10.2 Å². The topological polar surface area (TPSA) is 64.5 Å². The number of thiophene rings is 1. The van der Waals surface area contributed by atoms with Crippen LogP contribution in [0.3, 0.4) is 0 Å². The number of halogens is 1. The van der Waals surface area contributed by atoms with Gasteiger partial charge in [-0.25, -0.2) is 19.2 Å². The zero-order valence-corrected chi connectivity index (χ0v) is 17.4. The van der Waals surface area contributed by atoms with Gasteiger partial charge in [-0.2, -0.15) is 0 Å². The lowest BCUT2D eigenvalue weighted by molar-refractivity contribution is 0.0605. The van der Waals surface area contributed by atoms with Crippen molar-refractivity contribution in [2.24, 2.45) is 0 Å². The van der Waals surface area contributed by atoms with Crippen molar-refractivity contribution in [1.82, 2.24) is 9.97 Å². The number of ether oxygens (including phenoxy) is 2. The van der Waals surface area contributed by atoms with Crippen LogP contribution in [-0.2, 0) is 4.74 Å². The molecule has 1 aliphatic heterocycles. The number of fused-ring (bicyclic) bond motifs is 1. The van der Waals surface area contributed by atoms with Crippen LogP contribution in [0.15, 0.2) is 24.3 Å². The fourth-order valence-electron chi connectivity index (χ4n) is 3.63. The summed E-state index contributed by atoms with van der Waals surface area (Å²) in [6, 6.07) is 6.12. The van der Waals surface area contributed by atoms with Crippen molar-refractivity contribution in [2.45, 2.75) is 32.8 Å². The molecule has 152 valence electrons. The highest BCUT2D eigenvalue weighted by atomic mass is 32.1. The smallest absolute Gasteiger partial charge is 0.348 e. The third-order valence-corrected chi connectivity index (χ3v) is 6.28. The Morgan fingerprint density at radius 1 is 1.17 bits per heavy atom. The summed E-state index contributed by atoms with van der Waals surface area (Å²) in [6.07, 6.45) is 1.73. The third-order valence-electron chi connectivity index (χ3n) is 5.11. The maximum Gasteiger partial charge on any atom is 0.348 e. The summed E-state index contributed by atoms with van der Waals surface area (Å²) < 4.78 is 24.0. The van der Waals surface area contributed by atoms with Crippen LogP contribution >= 0.6 is 11.3 Å². The number of hydrogen-bond acceptors (Lipinski definition) is 7. The van der Waals surface area contributed by atoms with E-state index in [0.717, 1.165) is 47.5 Å². The lowest BCUT2D eigenvalue weighted by Crippen LogP contribution is -2.39. The van der Waals surface area contributed by atoms with Crippen molar-refractivity contribution in [3.05, 3.63) is 46.3 Å². The standard InChI is InChI=1S/C21H22FN3O3S/c1-12-17-19(23-13(2)24-20(17)29-18(12)21(26)27-3)25-10-8-16(9-11-25)28-15-6-4-14(22)5-7-15/h4-7,16H,8-11H2,1-3H3. The van der Waals surface area contributed by atoms with Crippen LogP contribution in [0.1, 0.15) is 33.9 Å². The summed E-state index contributed by atoms with van der Waals surface area (Å²) in [4.78, 5) is 24.9. The first-order chi connectivity index (χ1) is 14.0. The Kier molecular flexibility index (Phi) is 5.36. The first-order valence-electron chi connectivity index (χ1n) is 9.49. The number of carbonyl (C=O) groups excluding carboxylic acids is 1. The molecule has 0 aliphatic carbocycles. The quantitative estimate of drug-likeness (QED) is 0.593. The van der Waals surface area contributed by atoms with E-state index < -0.39 is 0 Å². The molecule has 0 N–H and O–H groups in total. The monoisotopic (exact) mass is 415 g/mol. The number of rotatable bonds is 4. The number of nitrogens with zero attached hydrogens (tertiary/aromatic N) is 3. The molecule has 3 heterocycles. The van der Waals surface area contributed by atoms with Crippen molar-refractivity contribution in [1.29, 1.82) is 0 Å². The van der Waals surface area contributed by atoms with Gasteiger partial charge in [-0.3, -0.25) is 0 Å². The van der Waals surface area contributed by atoms with E-state index >= 15 is 0 Å². The number of carbonyl (C=O) groups is 1. The number of benzene rings is 1. The second-order valence-electron chi connectivity index (χ2n) is 7.08. The molecule has 0 unspecified atom stereocenters. The van der Waals surface area contributed by atoms with Crippen molar-refractivity contribution in [2.75, 3.05) is 25.1 Å². The van der Waals surface area contributed by atoms with Crippen molar-refractivity contribution in [3.63, 3.8) is 0 Å². The molecule has 6 nitrogen and oxygen atoms in total. The Hall–Kier alpha value is -2.74. The van der Waals surface area contributed by atoms with Gasteiger partial charge in [0.1, 0.15) is 39.0 Å². The molecule has 0 amide bonds. The van der Waals surface area contributed by atoms with Crippen molar-refractivity contribution >= 4 is 33.3 Å². The van der Waals surface area contributed by atoms with Gasteiger partial charge >= 0.3 is 5.97 Å². The maximum atomic E-state index is 13.1. The molecule has 1 aromatic carbocycles. The molecule has 0 radical (unpaired) electrons. The van der Waals surface area contributed by atoms with E-state index in [0.29, 0.717) is 16.5 Å². The van der Waals surface area contributed by atoms with E-state index in [1.165, 1.54) is 30.6 Å². The number of methoxy groups -OCH3 is 1. The second kappa shape index (κ2) is 7.94. The summed E-state index contributed by atoms with van der Waals surface area (Å²) in [5.41, 5.74) is 0.858. The molecule has 1 fully saturated rings. The average Bonchev–Trinajstić information content (AvgIpc) is 3.05. The molecule has 8 heteroatoms. The van der Waals surface area contributed by atoms with E-state index in [2.05, 4.69) is 14.9 Å². The van der Waals surface area contributed by atoms with Gasteiger partial charge in [0.25, 0.3) is 0 Å². The lowest BCUT2D eigenvalue weighted by atomic mass is 10.1. The van der Waals surface area contributed by atoms with Crippen LogP contribution in [0.25, 0.3) is 10.2 Å². The van der Waals surface area contributed by atoms with Gasteiger partial charge in [-0.15, -0.1) is 11.3 Å². The van der Waals surface area contributed by atoms with Crippen LogP contribution in [-0.4, -0.2) is 42.2 Å². The molecule has 0 atom stereocenters. The molecule has 1 saturated heterocycles. The molecule has 4 rings (SSSR count). The molecule has 2 aromatic heterocycles. The van der Waals surface area contributed by atoms with Gasteiger partial charge in [0.2, 0.25) is 0 Å². The summed E-state index contributed by atoms with van der Waals surface area (Å²) in [5, 5.41) is 0.916. The van der Waals surface area contributed by atoms with Crippen molar-refractivity contribution < 1.29 is 18.7 Å². The Labute approximate surface area is 172 Å². The van der Waals surface area contributed by atoms with Gasteiger partial charge in [0, 0.05) is 25.9 Å². The first-order valence-corrected chi connectivity index (χ1v) is 10.3. The van der Waals surface area contributed by atoms with Crippen molar-refractivity contribution in [3.8, 4) is 5.75 Å². The van der Waals surface area contributed by atoms with E-state index in [4.69, 9.17) is 9.47 Å². The molecular formula is C21H22FN3O3S. The average molecular weight is 415 g/mol. The second-order valence-corrected chi connectivity index (χ2v) is 8.08. The molecular weight excluding hydrogens is 393 g/mol. The highest BCUT2D eigenvalue weighted by Crippen LogP contribution is 2.37. The van der Waals surface area contributed by atoms with Gasteiger partial charge in [-0.1, -0.05) is 0 Å². The van der Waals surface area contributed by atoms with Crippen LogP contribution in [0, 0.1) is 19.7 Å². The first kappa shape index (κ1) is 19.6. The van der Waals surface area contributed by atoms with Crippen LogP contribution < -0.4 is 9.64 Å². The zero-order valence-electron chi connectivity index (χ0n) is 16.6. The Balaban J connectivity index is 1.55. The SMILES string of the molecule is COC(=O)c1sc2nc(C)nc(N3CCC(Oc4ccc(F)cc4)CC3)c2c1C. The number of aromatic nitrogens is 2.